The lowest BCUT2D eigenvalue weighted by Gasteiger charge is -2.22. The van der Waals surface area contributed by atoms with Gasteiger partial charge in [-0.3, -0.25) is 4.98 Å². The summed E-state index contributed by atoms with van der Waals surface area (Å²) in [6, 6.07) is 12.1. The third-order valence-electron chi connectivity index (χ3n) is 3.53. The molecule has 0 radical (unpaired) electrons. The Morgan fingerprint density at radius 1 is 1.15 bits per heavy atom. The van der Waals surface area contributed by atoms with E-state index in [1.807, 2.05) is 0 Å². The van der Waals surface area contributed by atoms with Crippen LogP contribution < -0.4 is 5.32 Å². The Labute approximate surface area is 120 Å². The van der Waals surface area contributed by atoms with Crippen LogP contribution in [0.3, 0.4) is 0 Å². The molecule has 1 heterocycles. The molecule has 0 amide bonds. The summed E-state index contributed by atoms with van der Waals surface area (Å²) in [7, 11) is 0. The van der Waals surface area contributed by atoms with Crippen LogP contribution in [0.4, 0.5) is 4.39 Å². The minimum atomic E-state index is -0.300. The van der Waals surface area contributed by atoms with Crippen molar-refractivity contribution in [1.29, 1.82) is 0 Å². The van der Waals surface area contributed by atoms with Crippen LogP contribution in [0.2, 0.25) is 0 Å². The number of aromatic nitrogens is 1. The highest BCUT2D eigenvalue weighted by atomic mass is 19.1. The van der Waals surface area contributed by atoms with Crippen molar-refractivity contribution in [1.82, 2.24) is 10.3 Å². The minimum absolute atomic E-state index is 0.0850. The van der Waals surface area contributed by atoms with Crippen LogP contribution >= 0.6 is 0 Å². The number of benzene rings is 1. The second-order valence-electron chi connectivity index (χ2n) is 5.16. The first-order chi connectivity index (χ1) is 9.60. The molecular weight excluding hydrogens is 251 g/mol. The summed E-state index contributed by atoms with van der Waals surface area (Å²) in [4.78, 5) is 4.14. The van der Waals surface area contributed by atoms with Crippen molar-refractivity contribution in [2.45, 2.75) is 39.3 Å². The van der Waals surface area contributed by atoms with Crippen LogP contribution in [0.5, 0.6) is 0 Å². The summed E-state index contributed by atoms with van der Waals surface area (Å²) in [6.07, 6.45) is 2.26. The van der Waals surface area contributed by atoms with E-state index in [-0.39, 0.29) is 17.9 Å². The van der Waals surface area contributed by atoms with Gasteiger partial charge in [0.1, 0.15) is 5.82 Å². The summed E-state index contributed by atoms with van der Waals surface area (Å²) in [5.74, 6) is -0.300. The highest BCUT2D eigenvalue weighted by Gasteiger charge is 2.14. The summed E-state index contributed by atoms with van der Waals surface area (Å²) in [5.41, 5.74) is 3.39. The van der Waals surface area contributed by atoms with Gasteiger partial charge < -0.3 is 5.32 Å². The van der Waals surface area contributed by atoms with E-state index in [0.717, 1.165) is 12.1 Å². The zero-order chi connectivity index (χ0) is 14.5. The van der Waals surface area contributed by atoms with Gasteiger partial charge in [-0.2, -0.15) is 0 Å². The van der Waals surface area contributed by atoms with Crippen LogP contribution in [0, 0.1) is 12.7 Å². The molecule has 2 unspecified atom stereocenters. The molecule has 2 aromatic rings. The van der Waals surface area contributed by atoms with Gasteiger partial charge in [0.2, 0.25) is 0 Å². The minimum Gasteiger partial charge on any atom is -0.302 e. The van der Waals surface area contributed by atoms with Gasteiger partial charge in [0.15, 0.2) is 0 Å². The second kappa shape index (κ2) is 6.62. The van der Waals surface area contributed by atoms with E-state index >= 15 is 0 Å². The zero-order valence-electron chi connectivity index (χ0n) is 12.2. The Morgan fingerprint density at radius 2 is 1.85 bits per heavy atom. The maximum atomic E-state index is 12.9. The highest BCUT2D eigenvalue weighted by molar-refractivity contribution is 5.24. The standard InChI is InChI=1S/C17H21FN2/c1-4-16(14-7-5-12(2)6-8-14)20-13(3)17-10-9-15(18)11-19-17/h5-11,13,16,20H,4H2,1-3H3. The number of nitrogens with one attached hydrogen (secondary N) is 1. The van der Waals surface area contributed by atoms with E-state index in [9.17, 15) is 4.39 Å². The third kappa shape index (κ3) is 3.64. The number of pyridine rings is 1. The lowest BCUT2D eigenvalue weighted by molar-refractivity contribution is 0.449. The zero-order valence-corrected chi connectivity index (χ0v) is 12.2. The van der Waals surface area contributed by atoms with E-state index in [4.69, 9.17) is 0 Å². The van der Waals surface area contributed by atoms with Crippen molar-refractivity contribution in [3.63, 3.8) is 0 Å². The Hall–Kier alpha value is -1.74. The lowest BCUT2D eigenvalue weighted by Crippen LogP contribution is -2.24. The van der Waals surface area contributed by atoms with Crippen LogP contribution in [0.25, 0.3) is 0 Å². The topological polar surface area (TPSA) is 24.9 Å². The molecule has 2 nitrogen and oxygen atoms in total. The van der Waals surface area contributed by atoms with E-state index in [1.165, 1.54) is 23.4 Å². The van der Waals surface area contributed by atoms with Gasteiger partial charge in [0, 0.05) is 12.1 Å². The first-order valence-corrected chi connectivity index (χ1v) is 7.04. The van der Waals surface area contributed by atoms with Gasteiger partial charge in [0.05, 0.1) is 11.9 Å². The molecule has 106 valence electrons. The van der Waals surface area contributed by atoms with Crippen molar-refractivity contribution < 1.29 is 4.39 Å². The van der Waals surface area contributed by atoms with Crippen LogP contribution in [-0.2, 0) is 0 Å². The molecule has 0 aliphatic carbocycles. The highest BCUT2D eigenvalue weighted by Crippen LogP contribution is 2.21. The van der Waals surface area contributed by atoms with Crippen LogP contribution in [0.1, 0.15) is 49.2 Å². The number of rotatable bonds is 5. The molecule has 20 heavy (non-hydrogen) atoms. The maximum Gasteiger partial charge on any atom is 0.141 e. The molecule has 0 saturated carbocycles. The van der Waals surface area contributed by atoms with Crippen LogP contribution in [-0.4, -0.2) is 4.98 Å². The molecule has 0 spiro atoms. The Balaban J connectivity index is 2.09. The third-order valence-corrected chi connectivity index (χ3v) is 3.53. The van der Waals surface area contributed by atoms with Crippen molar-refractivity contribution in [2.24, 2.45) is 0 Å². The molecule has 1 aromatic carbocycles. The summed E-state index contributed by atoms with van der Waals surface area (Å²) in [5, 5.41) is 3.55. The first kappa shape index (κ1) is 14.7. The molecule has 0 aliphatic heterocycles. The fourth-order valence-electron chi connectivity index (χ4n) is 2.28. The van der Waals surface area contributed by atoms with Crippen molar-refractivity contribution in [3.8, 4) is 0 Å². The van der Waals surface area contributed by atoms with E-state index < -0.39 is 0 Å². The van der Waals surface area contributed by atoms with Gasteiger partial charge in [-0.25, -0.2) is 4.39 Å². The maximum absolute atomic E-state index is 12.9. The Bertz CT molecular complexity index is 534. The predicted octanol–water partition coefficient (Wildman–Crippen LogP) is 4.33. The molecule has 0 aliphatic rings. The van der Waals surface area contributed by atoms with Gasteiger partial charge in [-0.15, -0.1) is 0 Å². The van der Waals surface area contributed by atoms with E-state index in [0.29, 0.717) is 0 Å². The van der Waals surface area contributed by atoms with Crippen molar-refractivity contribution in [2.75, 3.05) is 0 Å². The monoisotopic (exact) mass is 272 g/mol. The average molecular weight is 272 g/mol. The van der Waals surface area contributed by atoms with Crippen molar-refractivity contribution in [3.05, 3.63) is 65.2 Å². The number of aryl methyl sites for hydroxylation is 1. The molecule has 0 bridgehead atoms. The fourth-order valence-corrected chi connectivity index (χ4v) is 2.28. The normalized spacial score (nSPS) is 14.0. The van der Waals surface area contributed by atoms with Gasteiger partial charge in [0.25, 0.3) is 0 Å². The molecule has 1 N–H and O–H groups in total. The summed E-state index contributed by atoms with van der Waals surface area (Å²) >= 11 is 0. The Kier molecular flexibility index (Phi) is 4.85. The van der Waals surface area contributed by atoms with E-state index in [2.05, 4.69) is 55.3 Å². The molecule has 0 saturated heterocycles. The smallest absolute Gasteiger partial charge is 0.141 e. The van der Waals surface area contributed by atoms with Crippen LogP contribution in [0.15, 0.2) is 42.6 Å². The lowest BCUT2D eigenvalue weighted by atomic mass is 10.0. The molecule has 2 rings (SSSR count). The Morgan fingerprint density at radius 3 is 2.40 bits per heavy atom. The molecule has 1 aromatic heterocycles. The largest absolute Gasteiger partial charge is 0.302 e. The fraction of sp³-hybridized carbons (Fsp3) is 0.353. The number of hydrogen-bond acceptors (Lipinski definition) is 2. The van der Waals surface area contributed by atoms with Crippen molar-refractivity contribution >= 4 is 0 Å². The molecular formula is C17H21FN2. The molecule has 0 fully saturated rings. The molecule has 3 heteroatoms. The number of nitrogens with zero attached hydrogens (tertiary/aromatic N) is 1. The quantitative estimate of drug-likeness (QED) is 0.876. The van der Waals surface area contributed by atoms with E-state index in [1.54, 1.807) is 6.07 Å². The SMILES string of the molecule is CCC(NC(C)c1ccc(F)cn1)c1ccc(C)cc1. The number of halogens is 1. The average Bonchev–Trinajstić information content (AvgIpc) is 2.46. The van der Waals surface area contributed by atoms with Gasteiger partial charge in [-0.05, 0) is 38.0 Å². The predicted molar refractivity (Wildman–Crippen MR) is 80.0 cm³/mol. The second-order valence-corrected chi connectivity index (χ2v) is 5.16. The summed E-state index contributed by atoms with van der Waals surface area (Å²) < 4.78 is 12.9. The number of hydrogen-bond donors (Lipinski definition) is 1. The molecule has 2 atom stereocenters. The first-order valence-electron chi connectivity index (χ1n) is 7.04. The van der Waals surface area contributed by atoms with Gasteiger partial charge >= 0.3 is 0 Å². The van der Waals surface area contributed by atoms with Gasteiger partial charge in [-0.1, -0.05) is 36.8 Å². The summed E-state index contributed by atoms with van der Waals surface area (Å²) in [6.45, 7) is 6.29.